The van der Waals surface area contributed by atoms with Crippen molar-refractivity contribution in [2.45, 2.75) is 33.6 Å². The lowest BCUT2D eigenvalue weighted by atomic mass is 10.0. The minimum absolute atomic E-state index is 0.0567. The minimum Gasteiger partial charge on any atom is -0.497 e. The normalized spacial score (nSPS) is 10.8. The Morgan fingerprint density at radius 2 is 1.86 bits per heavy atom. The molecule has 3 rings (SSSR count). The van der Waals surface area contributed by atoms with Crippen LogP contribution < -0.4 is 14.8 Å². The summed E-state index contributed by atoms with van der Waals surface area (Å²) < 4.78 is 11.0. The highest BCUT2D eigenvalue weighted by Gasteiger charge is 2.13. The van der Waals surface area contributed by atoms with Crippen LogP contribution in [0, 0.1) is 13.8 Å². The third-order valence-electron chi connectivity index (χ3n) is 4.64. The summed E-state index contributed by atoms with van der Waals surface area (Å²) in [4.78, 5) is 18.0. The molecule has 0 saturated heterocycles. The van der Waals surface area contributed by atoms with Crippen LogP contribution >= 0.6 is 11.3 Å². The van der Waals surface area contributed by atoms with Crippen molar-refractivity contribution in [3.8, 4) is 22.8 Å². The van der Waals surface area contributed by atoms with E-state index in [-0.39, 0.29) is 12.5 Å². The summed E-state index contributed by atoms with van der Waals surface area (Å²) in [5.74, 6) is 1.71. The average molecular weight is 411 g/mol. The Labute approximate surface area is 175 Å². The molecule has 0 bridgehead atoms. The van der Waals surface area contributed by atoms with Gasteiger partial charge in [-0.2, -0.15) is 0 Å². The number of nitrogens with zero attached hydrogens (tertiary/aromatic N) is 1. The average Bonchev–Trinajstić information content (AvgIpc) is 3.07. The highest BCUT2D eigenvalue weighted by Crippen LogP contribution is 2.31. The quantitative estimate of drug-likeness (QED) is 0.553. The van der Waals surface area contributed by atoms with E-state index in [4.69, 9.17) is 9.47 Å². The van der Waals surface area contributed by atoms with E-state index in [1.807, 2.05) is 50.2 Å². The number of hydrogen-bond donors (Lipinski definition) is 1. The van der Waals surface area contributed by atoms with E-state index in [0.29, 0.717) is 11.0 Å². The first kappa shape index (κ1) is 20.9. The van der Waals surface area contributed by atoms with E-state index in [2.05, 4.69) is 30.2 Å². The topological polar surface area (TPSA) is 60.5 Å². The van der Waals surface area contributed by atoms with Crippen molar-refractivity contribution >= 4 is 22.4 Å². The van der Waals surface area contributed by atoms with Crippen molar-refractivity contribution in [3.63, 3.8) is 0 Å². The van der Waals surface area contributed by atoms with Crippen LogP contribution in [-0.4, -0.2) is 24.6 Å². The molecule has 0 aliphatic heterocycles. The van der Waals surface area contributed by atoms with E-state index < -0.39 is 0 Å². The standard InChI is InChI=1S/C23H26N2O3S/c1-14(2)18-7-6-15(3)20(12-18)28-13-21(26)24-23-25-22(16(4)29-23)17-8-10-19(27-5)11-9-17/h6-12,14H,13H2,1-5H3,(H,24,25,26). The van der Waals surface area contributed by atoms with Gasteiger partial charge in [0.05, 0.1) is 12.8 Å². The van der Waals surface area contributed by atoms with E-state index in [1.54, 1.807) is 7.11 Å². The fourth-order valence-corrected chi connectivity index (χ4v) is 3.75. The number of nitrogens with one attached hydrogen (secondary N) is 1. The molecule has 0 aliphatic rings. The van der Waals surface area contributed by atoms with Gasteiger partial charge >= 0.3 is 0 Å². The van der Waals surface area contributed by atoms with Gasteiger partial charge in [0.1, 0.15) is 11.5 Å². The molecule has 0 unspecified atom stereocenters. The number of anilines is 1. The maximum Gasteiger partial charge on any atom is 0.264 e. The molecular formula is C23H26N2O3S. The fourth-order valence-electron chi connectivity index (χ4n) is 2.90. The van der Waals surface area contributed by atoms with Gasteiger partial charge in [0.15, 0.2) is 11.7 Å². The predicted molar refractivity (Wildman–Crippen MR) is 118 cm³/mol. The predicted octanol–water partition coefficient (Wildman–Crippen LogP) is 5.58. The Morgan fingerprint density at radius 3 is 2.52 bits per heavy atom. The third-order valence-corrected chi connectivity index (χ3v) is 5.53. The lowest BCUT2D eigenvalue weighted by molar-refractivity contribution is -0.118. The molecule has 1 heterocycles. The number of methoxy groups -OCH3 is 1. The van der Waals surface area contributed by atoms with Crippen LogP contribution in [0.5, 0.6) is 11.5 Å². The number of benzene rings is 2. The number of amides is 1. The molecule has 2 aromatic carbocycles. The Balaban J connectivity index is 1.65. The summed E-state index contributed by atoms with van der Waals surface area (Å²) in [6, 6.07) is 13.8. The smallest absolute Gasteiger partial charge is 0.264 e. The van der Waals surface area contributed by atoms with Crippen molar-refractivity contribution in [3.05, 3.63) is 58.5 Å². The molecular weight excluding hydrogens is 384 g/mol. The molecule has 152 valence electrons. The van der Waals surface area contributed by atoms with Crippen LogP contribution in [0.15, 0.2) is 42.5 Å². The number of rotatable bonds is 7. The minimum atomic E-state index is -0.227. The molecule has 1 amide bonds. The summed E-state index contributed by atoms with van der Waals surface area (Å²) in [5.41, 5.74) is 4.03. The molecule has 1 N–H and O–H groups in total. The number of aryl methyl sites for hydroxylation is 2. The van der Waals surface area contributed by atoms with Gasteiger partial charge in [0, 0.05) is 10.4 Å². The molecule has 29 heavy (non-hydrogen) atoms. The fraction of sp³-hybridized carbons (Fsp3) is 0.304. The summed E-state index contributed by atoms with van der Waals surface area (Å²) in [6.07, 6.45) is 0. The zero-order valence-electron chi connectivity index (χ0n) is 17.4. The van der Waals surface area contributed by atoms with E-state index in [0.717, 1.165) is 33.2 Å². The molecule has 0 spiro atoms. The molecule has 0 fully saturated rings. The Bertz CT molecular complexity index is 994. The third kappa shape index (κ3) is 5.15. The highest BCUT2D eigenvalue weighted by molar-refractivity contribution is 7.16. The number of carbonyl (C=O) groups is 1. The van der Waals surface area contributed by atoms with Gasteiger partial charge in [0.2, 0.25) is 0 Å². The lowest BCUT2D eigenvalue weighted by Crippen LogP contribution is -2.20. The molecule has 6 heteroatoms. The first-order valence-electron chi connectivity index (χ1n) is 9.52. The second kappa shape index (κ2) is 9.09. The zero-order chi connectivity index (χ0) is 21.0. The van der Waals surface area contributed by atoms with Crippen molar-refractivity contribution < 1.29 is 14.3 Å². The number of aromatic nitrogens is 1. The second-order valence-corrected chi connectivity index (χ2v) is 8.37. The maximum absolute atomic E-state index is 12.4. The first-order valence-corrected chi connectivity index (χ1v) is 10.3. The van der Waals surface area contributed by atoms with Crippen LogP contribution in [0.4, 0.5) is 5.13 Å². The Morgan fingerprint density at radius 1 is 1.14 bits per heavy atom. The van der Waals surface area contributed by atoms with E-state index >= 15 is 0 Å². The Hall–Kier alpha value is -2.86. The number of ether oxygens (including phenoxy) is 2. The van der Waals surface area contributed by atoms with Crippen LogP contribution in [0.3, 0.4) is 0 Å². The molecule has 0 atom stereocenters. The second-order valence-electron chi connectivity index (χ2n) is 7.17. The van der Waals surface area contributed by atoms with Crippen LogP contribution in [0.1, 0.15) is 35.8 Å². The van der Waals surface area contributed by atoms with Crippen molar-refractivity contribution in [2.24, 2.45) is 0 Å². The van der Waals surface area contributed by atoms with Crippen molar-refractivity contribution in [2.75, 3.05) is 19.0 Å². The van der Waals surface area contributed by atoms with Crippen LogP contribution in [-0.2, 0) is 4.79 Å². The SMILES string of the molecule is COc1ccc(-c2nc(NC(=O)COc3cc(C(C)C)ccc3C)sc2C)cc1. The summed E-state index contributed by atoms with van der Waals surface area (Å²) in [6.45, 7) is 8.17. The number of hydrogen-bond acceptors (Lipinski definition) is 5. The van der Waals surface area contributed by atoms with Crippen LogP contribution in [0.25, 0.3) is 11.3 Å². The highest BCUT2D eigenvalue weighted by atomic mass is 32.1. The van der Waals surface area contributed by atoms with Gasteiger partial charge in [-0.3, -0.25) is 10.1 Å². The zero-order valence-corrected chi connectivity index (χ0v) is 18.2. The van der Waals surface area contributed by atoms with Gasteiger partial charge in [-0.25, -0.2) is 4.98 Å². The maximum atomic E-state index is 12.4. The monoisotopic (exact) mass is 410 g/mol. The van der Waals surface area contributed by atoms with Crippen molar-refractivity contribution in [1.29, 1.82) is 0 Å². The molecule has 0 radical (unpaired) electrons. The van der Waals surface area contributed by atoms with E-state index in [9.17, 15) is 4.79 Å². The summed E-state index contributed by atoms with van der Waals surface area (Å²) >= 11 is 1.45. The van der Waals surface area contributed by atoms with Gasteiger partial charge in [-0.05, 0) is 61.2 Å². The van der Waals surface area contributed by atoms with Gasteiger partial charge in [0.25, 0.3) is 5.91 Å². The molecule has 5 nitrogen and oxygen atoms in total. The number of thiazole rings is 1. The largest absolute Gasteiger partial charge is 0.497 e. The van der Waals surface area contributed by atoms with Gasteiger partial charge in [-0.15, -0.1) is 11.3 Å². The Kier molecular flexibility index (Phi) is 6.54. The lowest BCUT2D eigenvalue weighted by Gasteiger charge is -2.12. The summed E-state index contributed by atoms with van der Waals surface area (Å²) in [5, 5.41) is 3.41. The van der Waals surface area contributed by atoms with E-state index in [1.165, 1.54) is 16.9 Å². The van der Waals surface area contributed by atoms with Crippen LogP contribution in [0.2, 0.25) is 0 Å². The molecule has 3 aromatic rings. The van der Waals surface area contributed by atoms with Crippen molar-refractivity contribution in [1.82, 2.24) is 4.98 Å². The first-order chi connectivity index (χ1) is 13.9. The summed E-state index contributed by atoms with van der Waals surface area (Å²) in [7, 11) is 1.64. The van der Waals surface area contributed by atoms with Gasteiger partial charge < -0.3 is 9.47 Å². The van der Waals surface area contributed by atoms with Gasteiger partial charge in [-0.1, -0.05) is 26.0 Å². The molecule has 1 aromatic heterocycles. The molecule has 0 aliphatic carbocycles. The molecule has 0 saturated carbocycles. The number of carbonyl (C=O) groups excluding carboxylic acids is 1.